The number of anilines is 1. The van der Waals surface area contributed by atoms with Crippen molar-refractivity contribution in [3.8, 4) is 0 Å². The zero-order valence-corrected chi connectivity index (χ0v) is 10.8. The van der Waals surface area contributed by atoms with Gasteiger partial charge < -0.3 is 10.2 Å². The van der Waals surface area contributed by atoms with Crippen LogP contribution in [0.3, 0.4) is 0 Å². The van der Waals surface area contributed by atoms with Gasteiger partial charge in [-0.05, 0) is 36.8 Å². The molecule has 0 unspecified atom stereocenters. The maximum Gasteiger partial charge on any atom is 0.0543 e. The van der Waals surface area contributed by atoms with Crippen molar-refractivity contribution in [3.05, 3.63) is 23.8 Å². The molecule has 1 saturated heterocycles. The van der Waals surface area contributed by atoms with Crippen LogP contribution in [0.25, 0.3) is 0 Å². The van der Waals surface area contributed by atoms with Crippen molar-refractivity contribution in [3.63, 3.8) is 0 Å². The Morgan fingerprint density at radius 1 is 1.35 bits per heavy atom. The topological polar surface area (TPSA) is 15.3 Å². The van der Waals surface area contributed by atoms with Gasteiger partial charge >= 0.3 is 0 Å². The van der Waals surface area contributed by atoms with Gasteiger partial charge in [0.1, 0.15) is 0 Å². The molecule has 1 aromatic carbocycles. The highest BCUT2D eigenvalue weighted by Gasteiger charge is 2.41. The number of benzene rings is 1. The highest BCUT2D eigenvalue weighted by Crippen LogP contribution is 2.49. The van der Waals surface area contributed by atoms with E-state index in [0.29, 0.717) is 0 Å². The van der Waals surface area contributed by atoms with E-state index in [1.807, 2.05) is 0 Å². The average Bonchev–Trinajstić information content (AvgIpc) is 2.56. The van der Waals surface area contributed by atoms with Crippen LogP contribution in [-0.4, -0.2) is 31.4 Å². The van der Waals surface area contributed by atoms with E-state index < -0.39 is 0 Å². The Hall–Kier alpha value is -0.670. The molecule has 1 fully saturated rings. The molecular formula is C14H18N2S. The van der Waals surface area contributed by atoms with Crippen molar-refractivity contribution in [2.24, 2.45) is 0 Å². The highest BCUT2D eigenvalue weighted by atomic mass is 32.2. The van der Waals surface area contributed by atoms with E-state index in [2.05, 4.69) is 40.2 Å². The average molecular weight is 246 g/mol. The van der Waals surface area contributed by atoms with Crippen molar-refractivity contribution in [1.29, 1.82) is 0 Å². The number of fused-ring (bicyclic) bond motifs is 3. The number of thioether (sulfide) groups is 1. The van der Waals surface area contributed by atoms with Crippen molar-refractivity contribution in [1.82, 2.24) is 5.32 Å². The first-order chi connectivity index (χ1) is 8.45. The van der Waals surface area contributed by atoms with Gasteiger partial charge in [0, 0.05) is 29.9 Å². The van der Waals surface area contributed by atoms with E-state index in [1.54, 1.807) is 11.3 Å². The summed E-state index contributed by atoms with van der Waals surface area (Å²) >= 11 is 2.05. The molecule has 0 bridgehead atoms. The quantitative estimate of drug-likeness (QED) is 0.757. The van der Waals surface area contributed by atoms with Gasteiger partial charge in [0.05, 0.1) is 5.69 Å². The summed E-state index contributed by atoms with van der Waals surface area (Å²) in [5.41, 5.74) is 3.18. The molecule has 0 aromatic heterocycles. The molecule has 0 saturated carbocycles. The zero-order valence-electron chi connectivity index (χ0n) is 9.98. The van der Waals surface area contributed by atoms with Crippen LogP contribution in [0.1, 0.15) is 24.3 Å². The molecule has 4 rings (SSSR count). The van der Waals surface area contributed by atoms with E-state index in [4.69, 9.17) is 0 Å². The summed E-state index contributed by atoms with van der Waals surface area (Å²) in [5, 5.41) is 3.56. The molecule has 0 spiro atoms. The van der Waals surface area contributed by atoms with Gasteiger partial charge in [0.2, 0.25) is 0 Å². The molecule has 3 heterocycles. The van der Waals surface area contributed by atoms with E-state index in [-0.39, 0.29) is 0 Å². The summed E-state index contributed by atoms with van der Waals surface area (Å²) in [6.07, 6.45) is 2.64. The Balaban J connectivity index is 1.87. The third-order valence-electron chi connectivity index (χ3n) is 4.36. The van der Waals surface area contributed by atoms with Crippen LogP contribution in [0, 0.1) is 0 Å². The first kappa shape index (κ1) is 10.3. The summed E-state index contributed by atoms with van der Waals surface area (Å²) in [6, 6.07) is 7.69. The first-order valence-corrected chi connectivity index (χ1v) is 7.67. The normalized spacial score (nSPS) is 30.7. The van der Waals surface area contributed by atoms with Crippen molar-refractivity contribution in [2.45, 2.75) is 29.7 Å². The summed E-state index contributed by atoms with van der Waals surface area (Å²) in [5.74, 6) is 2.01. The summed E-state index contributed by atoms with van der Waals surface area (Å²) in [7, 11) is 0. The lowest BCUT2D eigenvalue weighted by Gasteiger charge is -2.33. The number of nitrogens with zero attached hydrogens (tertiary/aromatic N) is 1. The van der Waals surface area contributed by atoms with E-state index in [9.17, 15) is 0 Å². The van der Waals surface area contributed by atoms with Gasteiger partial charge in [-0.3, -0.25) is 0 Å². The molecule has 2 nitrogen and oxygen atoms in total. The predicted octanol–water partition coefficient (Wildman–Crippen LogP) is 2.45. The molecule has 0 aliphatic carbocycles. The smallest absolute Gasteiger partial charge is 0.0543 e. The molecule has 1 aromatic rings. The van der Waals surface area contributed by atoms with Crippen LogP contribution < -0.4 is 10.2 Å². The highest BCUT2D eigenvalue weighted by molar-refractivity contribution is 7.99. The number of hydrogen-bond acceptors (Lipinski definition) is 3. The Kier molecular flexibility index (Phi) is 2.37. The number of hydrogen-bond donors (Lipinski definition) is 1. The summed E-state index contributed by atoms with van der Waals surface area (Å²) in [4.78, 5) is 4.24. The Morgan fingerprint density at radius 2 is 2.35 bits per heavy atom. The molecular weight excluding hydrogens is 228 g/mol. The molecule has 0 amide bonds. The number of para-hydroxylation sites is 1. The van der Waals surface area contributed by atoms with Gasteiger partial charge in [-0.2, -0.15) is 0 Å². The van der Waals surface area contributed by atoms with Crippen LogP contribution in [0.4, 0.5) is 5.69 Å². The third kappa shape index (κ3) is 1.45. The Morgan fingerprint density at radius 3 is 3.35 bits per heavy atom. The Bertz CT molecular complexity index is 446. The standard InChI is InChI=1S/C14H18N2S/c1-3-10-11-9-15-6-5-12(11)16-7-2-8-17-13(4-1)14(10)16/h1,3-4,11-12,15H,2,5-9H2/t11-,12-/m0/s1. The fourth-order valence-electron chi connectivity index (χ4n) is 3.66. The fraction of sp³-hybridized carbons (Fsp3) is 0.571. The van der Waals surface area contributed by atoms with Gasteiger partial charge in [0.25, 0.3) is 0 Å². The van der Waals surface area contributed by atoms with Gasteiger partial charge in [0.15, 0.2) is 0 Å². The molecule has 90 valence electrons. The SMILES string of the molecule is c1cc2c3c(c1)[C@@H]1CNCC[C@@H]1N3CCCS2. The van der Waals surface area contributed by atoms with E-state index in [0.717, 1.165) is 12.0 Å². The summed E-state index contributed by atoms with van der Waals surface area (Å²) < 4.78 is 0. The second-order valence-corrected chi connectivity index (χ2v) is 6.39. The van der Waals surface area contributed by atoms with Crippen LogP contribution in [-0.2, 0) is 0 Å². The maximum atomic E-state index is 3.56. The molecule has 1 N–H and O–H groups in total. The van der Waals surface area contributed by atoms with Crippen molar-refractivity contribution < 1.29 is 0 Å². The summed E-state index contributed by atoms with van der Waals surface area (Å²) in [6.45, 7) is 3.62. The minimum absolute atomic E-state index is 0.734. The molecule has 3 aliphatic rings. The zero-order chi connectivity index (χ0) is 11.2. The first-order valence-electron chi connectivity index (χ1n) is 6.68. The monoisotopic (exact) mass is 246 g/mol. The molecule has 2 atom stereocenters. The van der Waals surface area contributed by atoms with Crippen LogP contribution in [0.2, 0.25) is 0 Å². The molecule has 17 heavy (non-hydrogen) atoms. The number of rotatable bonds is 0. The van der Waals surface area contributed by atoms with Crippen LogP contribution >= 0.6 is 11.8 Å². The molecule has 0 radical (unpaired) electrons. The minimum Gasteiger partial charge on any atom is -0.367 e. The molecule has 3 aliphatic heterocycles. The largest absolute Gasteiger partial charge is 0.367 e. The lowest BCUT2D eigenvalue weighted by molar-refractivity contribution is 0.403. The van der Waals surface area contributed by atoms with Crippen LogP contribution in [0.5, 0.6) is 0 Å². The second kappa shape index (κ2) is 3.92. The number of piperidine rings is 1. The lowest BCUT2D eigenvalue weighted by atomic mass is 9.90. The second-order valence-electron chi connectivity index (χ2n) is 5.26. The Labute approximate surface area is 107 Å². The van der Waals surface area contributed by atoms with Crippen molar-refractivity contribution >= 4 is 17.4 Å². The predicted molar refractivity (Wildman–Crippen MR) is 73.1 cm³/mol. The van der Waals surface area contributed by atoms with Crippen LogP contribution in [0.15, 0.2) is 23.1 Å². The van der Waals surface area contributed by atoms with Crippen molar-refractivity contribution in [2.75, 3.05) is 30.3 Å². The lowest BCUT2D eigenvalue weighted by Crippen LogP contribution is -2.44. The van der Waals surface area contributed by atoms with Gasteiger partial charge in [-0.15, -0.1) is 11.8 Å². The van der Waals surface area contributed by atoms with E-state index >= 15 is 0 Å². The fourth-order valence-corrected chi connectivity index (χ4v) is 4.70. The van der Waals surface area contributed by atoms with Gasteiger partial charge in [-0.1, -0.05) is 12.1 Å². The molecule has 3 heteroatoms. The van der Waals surface area contributed by atoms with E-state index in [1.165, 1.54) is 43.1 Å². The third-order valence-corrected chi connectivity index (χ3v) is 5.50. The number of nitrogens with one attached hydrogen (secondary N) is 1. The van der Waals surface area contributed by atoms with Gasteiger partial charge in [-0.25, -0.2) is 0 Å². The maximum absolute atomic E-state index is 3.56. The minimum atomic E-state index is 0.734.